The molecule has 0 aliphatic carbocycles. The fourth-order valence-electron chi connectivity index (χ4n) is 2.22. The first kappa shape index (κ1) is 19.4. The first-order valence-corrected chi connectivity index (χ1v) is 7.87. The number of hydrogen-bond acceptors (Lipinski definition) is 6. The molecule has 0 bridgehead atoms. The molecule has 0 aromatic rings. The van der Waals surface area contributed by atoms with Gasteiger partial charge in [-0.2, -0.15) is 5.26 Å². The van der Waals surface area contributed by atoms with Crippen molar-refractivity contribution in [1.29, 1.82) is 5.26 Å². The lowest BCUT2D eigenvalue weighted by Crippen LogP contribution is -2.27. The van der Waals surface area contributed by atoms with Gasteiger partial charge in [0.25, 0.3) is 0 Å². The third-order valence-corrected chi connectivity index (χ3v) is 3.50. The number of rotatable bonds is 8. The Bertz CT molecular complexity index is 539. The van der Waals surface area contributed by atoms with E-state index in [0.29, 0.717) is 31.9 Å². The lowest BCUT2D eigenvalue weighted by molar-refractivity contribution is -0.138. The Kier molecular flexibility index (Phi) is 8.57. The van der Waals surface area contributed by atoms with Crippen LogP contribution in [0, 0.1) is 11.3 Å². The van der Waals surface area contributed by atoms with Crippen LogP contribution < -0.4 is 0 Å². The number of ether oxygens (including phenoxy) is 2. The van der Waals surface area contributed by atoms with Gasteiger partial charge in [-0.3, -0.25) is 0 Å². The minimum atomic E-state index is -0.590. The van der Waals surface area contributed by atoms with Gasteiger partial charge in [-0.1, -0.05) is 0 Å². The molecule has 1 unspecified atom stereocenters. The molecule has 6 nitrogen and oxygen atoms in total. The molecular formula is C16H23N2O4P. The molecule has 1 aliphatic rings. The third kappa shape index (κ3) is 5.80. The van der Waals surface area contributed by atoms with Crippen molar-refractivity contribution in [2.24, 2.45) is 0 Å². The van der Waals surface area contributed by atoms with Crippen molar-refractivity contribution in [3.8, 4) is 6.07 Å². The zero-order chi connectivity index (χ0) is 17.2. The van der Waals surface area contributed by atoms with E-state index in [9.17, 15) is 10.1 Å². The van der Waals surface area contributed by atoms with E-state index in [1.807, 2.05) is 32.1 Å². The van der Waals surface area contributed by atoms with E-state index < -0.39 is 5.97 Å². The normalized spacial score (nSPS) is 14.0. The number of nitriles is 1. The maximum atomic E-state index is 11.8. The van der Waals surface area contributed by atoms with Gasteiger partial charge >= 0.3 is 5.97 Å². The molecule has 0 N–H and O–H groups in total. The Morgan fingerprint density at radius 2 is 1.91 bits per heavy atom. The highest BCUT2D eigenvalue weighted by atomic mass is 31.0. The average molecular weight is 338 g/mol. The van der Waals surface area contributed by atoms with Crippen LogP contribution in [0.25, 0.3) is 0 Å². The molecule has 0 amide bonds. The van der Waals surface area contributed by atoms with E-state index in [1.165, 1.54) is 0 Å². The van der Waals surface area contributed by atoms with Crippen molar-refractivity contribution in [2.75, 3.05) is 33.0 Å². The molecule has 23 heavy (non-hydrogen) atoms. The highest BCUT2D eigenvalue weighted by molar-refractivity contribution is 7.09. The van der Waals surface area contributed by atoms with E-state index in [-0.39, 0.29) is 12.2 Å². The Hall–Kier alpha value is -1.67. The molecule has 0 fully saturated rings. The van der Waals surface area contributed by atoms with Crippen LogP contribution in [0.4, 0.5) is 0 Å². The van der Waals surface area contributed by atoms with Gasteiger partial charge in [0.1, 0.15) is 11.6 Å². The summed E-state index contributed by atoms with van der Waals surface area (Å²) in [5.41, 5.74) is 2.50. The third-order valence-electron chi connectivity index (χ3n) is 3.27. The second-order valence-electron chi connectivity index (χ2n) is 4.87. The molecule has 1 heterocycles. The van der Waals surface area contributed by atoms with Crippen LogP contribution in [0.2, 0.25) is 0 Å². The first-order chi connectivity index (χ1) is 11.0. The van der Waals surface area contributed by atoms with E-state index >= 15 is 0 Å². The molecule has 0 aromatic carbocycles. The lowest BCUT2D eigenvalue weighted by Gasteiger charge is -2.29. The molecule has 1 atom stereocenters. The van der Waals surface area contributed by atoms with Crippen molar-refractivity contribution in [3.05, 3.63) is 34.7 Å². The van der Waals surface area contributed by atoms with Crippen molar-refractivity contribution < 1.29 is 18.8 Å². The molecule has 0 saturated carbocycles. The Morgan fingerprint density at radius 1 is 1.26 bits per heavy atom. The van der Waals surface area contributed by atoms with Gasteiger partial charge in [0.05, 0.1) is 26.4 Å². The highest BCUT2D eigenvalue weighted by Crippen LogP contribution is 2.24. The molecule has 0 saturated heterocycles. The van der Waals surface area contributed by atoms with E-state index in [2.05, 4.69) is 14.4 Å². The van der Waals surface area contributed by atoms with E-state index in [4.69, 9.17) is 14.0 Å². The fourth-order valence-corrected chi connectivity index (χ4v) is 2.32. The van der Waals surface area contributed by atoms with Crippen LogP contribution in [0.1, 0.15) is 20.8 Å². The summed E-state index contributed by atoms with van der Waals surface area (Å²) >= 11 is 0. The maximum Gasteiger partial charge on any atom is 0.349 e. The SMILES string of the molecule is CCOC(=O)C(C#N)=C1C=C(C)N(CCOCCOP)C(C)=C1. The number of carbonyl (C=O) groups is 1. The van der Waals surface area contributed by atoms with Crippen molar-refractivity contribution in [2.45, 2.75) is 20.8 Å². The summed E-state index contributed by atoms with van der Waals surface area (Å²) < 4.78 is 15.2. The lowest BCUT2D eigenvalue weighted by atomic mass is 10.0. The molecule has 7 heteroatoms. The standard InChI is InChI=1S/C16H23N2O4P/c1-4-21-16(19)15(11-17)14-9-12(2)18(13(3)10-14)5-6-20-7-8-22-23/h9-10H,4-8,23H2,1-3H3. The van der Waals surface area contributed by atoms with Crippen LogP contribution in [-0.2, 0) is 18.8 Å². The first-order valence-electron chi connectivity index (χ1n) is 7.40. The summed E-state index contributed by atoms with van der Waals surface area (Å²) in [7, 11) is 2.18. The van der Waals surface area contributed by atoms with Crippen LogP contribution in [0.5, 0.6) is 0 Å². The summed E-state index contributed by atoms with van der Waals surface area (Å²) in [6, 6.07) is 1.94. The van der Waals surface area contributed by atoms with Crippen LogP contribution in [-0.4, -0.2) is 43.8 Å². The number of hydrogen-bond donors (Lipinski definition) is 0. The quantitative estimate of drug-likeness (QED) is 0.222. The molecule has 1 aliphatic heterocycles. The average Bonchev–Trinajstić information content (AvgIpc) is 2.50. The maximum absolute atomic E-state index is 11.8. The van der Waals surface area contributed by atoms with Crippen molar-refractivity contribution >= 4 is 15.4 Å². The molecule has 0 aromatic heterocycles. The summed E-state index contributed by atoms with van der Waals surface area (Å²) in [6.07, 6.45) is 3.63. The zero-order valence-corrected chi connectivity index (χ0v) is 14.9. The minimum Gasteiger partial charge on any atom is -0.462 e. The van der Waals surface area contributed by atoms with Gasteiger partial charge in [0.2, 0.25) is 0 Å². The number of allylic oxidation sites excluding steroid dienone is 5. The molecule has 0 spiro atoms. The van der Waals surface area contributed by atoms with Gasteiger partial charge in [-0.25, -0.2) is 4.79 Å². The topological polar surface area (TPSA) is 71.8 Å². The van der Waals surface area contributed by atoms with Crippen LogP contribution >= 0.6 is 9.47 Å². The highest BCUT2D eigenvalue weighted by Gasteiger charge is 2.19. The van der Waals surface area contributed by atoms with Crippen LogP contribution in [0.15, 0.2) is 34.7 Å². The number of esters is 1. The number of nitrogens with zero attached hydrogens (tertiary/aromatic N) is 2. The monoisotopic (exact) mass is 338 g/mol. The zero-order valence-electron chi connectivity index (χ0n) is 13.8. The largest absolute Gasteiger partial charge is 0.462 e. The van der Waals surface area contributed by atoms with E-state index in [1.54, 1.807) is 6.92 Å². The van der Waals surface area contributed by atoms with Crippen molar-refractivity contribution in [1.82, 2.24) is 4.90 Å². The van der Waals surface area contributed by atoms with Gasteiger partial charge < -0.3 is 18.9 Å². The Labute approximate surface area is 139 Å². The Morgan fingerprint density at radius 3 is 2.43 bits per heavy atom. The molecule has 0 radical (unpaired) electrons. The smallest absolute Gasteiger partial charge is 0.349 e. The van der Waals surface area contributed by atoms with Crippen LogP contribution in [0.3, 0.4) is 0 Å². The summed E-state index contributed by atoms with van der Waals surface area (Å²) in [5, 5.41) is 9.22. The predicted octanol–water partition coefficient (Wildman–Crippen LogP) is 2.32. The van der Waals surface area contributed by atoms with E-state index in [0.717, 1.165) is 11.4 Å². The summed E-state index contributed by atoms with van der Waals surface area (Å²) in [6.45, 7) is 8.14. The molecule has 126 valence electrons. The predicted molar refractivity (Wildman–Crippen MR) is 90.0 cm³/mol. The second-order valence-corrected chi connectivity index (χ2v) is 5.20. The fraction of sp³-hybridized carbons (Fsp3) is 0.500. The number of carbonyl (C=O) groups excluding carboxylic acids is 1. The summed E-state index contributed by atoms with van der Waals surface area (Å²) in [4.78, 5) is 13.9. The van der Waals surface area contributed by atoms with Crippen molar-refractivity contribution in [3.63, 3.8) is 0 Å². The van der Waals surface area contributed by atoms with Gasteiger partial charge in [0, 0.05) is 33.0 Å². The second kappa shape index (κ2) is 10.2. The minimum absolute atomic E-state index is 0.0269. The molecular weight excluding hydrogens is 315 g/mol. The summed E-state index contributed by atoms with van der Waals surface area (Å²) in [5.74, 6) is -0.590. The van der Waals surface area contributed by atoms with Gasteiger partial charge in [-0.15, -0.1) is 0 Å². The van der Waals surface area contributed by atoms with Gasteiger partial charge in [0.15, 0.2) is 0 Å². The molecule has 1 rings (SSSR count). The van der Waals surface area contributed by atoms with Gasteiger partial charge in [-0.05, 0) is 32.9 Å². The Balaban J connectivity index is 2.81.